The second-order valence-corrected chi connectivity index (χ2v) is 10.4. The van der Waals surface area contributed by atoms with Gasteiger partial charge in [0.2, 0.25) is 5.91 Å². The van der Waals surface area contributed by atoms with E-state index in [1.165, 1.54) is 5.56 Å². The van der Waals surface area contributed by atoms with E-state index in [0.717, 1.165) is 36.3 Å². The Morgan fingerprint density at radius 2 is 1.91 bits per heavy atom. The number of fused-ring (bicyclic) bond motifs is 1. The van der Waals surface area contributed by atoms with Crippen LogP contribution < -0.4 is 4.90 Å². The summed E-state index contributed by atoms with van der Waals surface area (Å²) in [7, 11) is 2.07. The van der Waals surface area contributed by atoms with Gasteiger partial charge in [0.15, 0.2) is 0 Å². The molecular weight excluding hydrogens is 402 g/mol. The van der Waals surface area contributed by atoms with Crippen LogP contribution in [0.4, 0.5) is 5.69 Å². The molecule has 0 bridgehead atoms. The van der Waals surface area contributed by atoms with Gasteiger partial charge in [-0.2, -0.15) is 0 Å². The number of carbonyl (C=O) groups excluding carboxylic acids is 1. The number of nitrogens with zero attached hydrogens (tertiary/aromatic N) is 3. The number of rotatable bonds is 5. The molecule has 4 heterocycles. The third-order valence-corrected chi connectivity index (χ3v) is 7.71. The summed E-state index contributed by atoms with van der Waals surface area (Å²) >= 11 is 0. The second kappa shape index (κ2) is 7.65. The highest BCUT2D eigenvalue weighted by atomic mass is 16.5. The zero-order valence-electron chi connectivity index (χ0n) is 19.4. The maximum atomic E-state index is 13.0. The fourth-order valence-corrected chi connectivity index (χ4v) is 5.93. The number of aliphatic hydroxyl groups is 1. The standard InChI is InChI=1S/C26H33N3O3/c1-17(2)18-5-7-19(8-6-18)26(31,25(3)15-28(4)16-25)20-11-21(13-27-12-20)29-14-23-22(24(29)30)9-10-32-23/h5-8,11-13,17,22-23,31H,9-10,14-16H2,1-4H3. The molecule has 1 aromatic heterocycles. The maximum absolute atomic E-state index is 13.0. The number of hydrogen-bond donors (Lipinski definition) is 1. The van der Waals surface area contributed by atoms with Crippen LogP contribution in [0.5, 0.6) is 0 Å². The Hall–Kier alpha value is -2.28. The predicted octanol–water partition coefficient (Wildman–Crippen LogP) is 3.14. The van der Waals surface area contributed by atoms with Gasteiger partial charge in [-0.1, -0.05) is 45.0 Å². The molecule has 3 aliphatic rings. The van der Waals surface area contributed by atoms with Crippen LogP contribution >= 0.6 is 0 Å². The molecule has 1 aromatic carbocycles. The van der Waals surface area contributed by atoms with Crippen molar-refractivity contribution in [2.45, 2.75) is 44.8 Å². The van der Waals surface area contributed by atoms with Gasteiger partial charge in [-0.3, -0.25) is 9.78 Å². The molecule has 1 amide bonds. The van der Waals surface area contributed by atoms with Crippen LogP contribution in [0, 0.1) is 11.3 Å². The predicted molar refractivity (Wildman–Crippen MR) is 124 cm³/mol. The lowest BCUT2D eigenvalue weighted by atomic mass is 9.62. The summed E-state index contributed by atoms with van der Waals surface area (Å²) in [5.41, 5.74) is 1.99. The van der Waals surface area contributed by atoms with Crippen molar-refractivity contribution in [1.29, 1.82) is 0 Å². The van der Waals surface area contributed by atoms with Gasteiger partial charge in [-0.05, 0) is 36.6 Å². The minimum Gasteiger partial charge on any atom is -0.380 e. The lowest BCUT2D eigenvalue weighted by Crippen LogP contribution is -2.63. The molecule has 0 aliphatic carbocycles. The topological polar surface area (TPSA) is 65.9 Å². The van der Waals surface area contributed by atoms with E-state index in [1.54, 1.807) is 17.3 Å². The largest absolute Gasteiger partial charge is 0.380 e. The first-order chi connectivity index (χ1) is 15.2. The van der Waals surface area contributed by atoms with E-state index in [9.17, 15) is 9.90 Å². The molecule has 2 aromatic rings. The average molecular weight is 436 g/mol. The minimum atomic E-state index is -1.22. The quantitative estimate of drug-likeness (QED) is 0.782. The van der Waals surface area contributed by atoms with E-state index in [0.29, 0.717) is 19.1 Å². The smallest absolute Gasteiger partial charge is 0.233 e. The SMILES string of the molecule is CC(C)c1ccc(C(O)(c2cncc(N3CC4OCCC4C3=O)c2)C2(C)CN(C)C2)cc1. The lowest BCUT2D eigenvalue weighted by Gasteiger charge is -2.56. The van der Waals surface area contributed by atoms with E-state index in [2.05, 4.69) is 49.8 Å². The van der Waals surface area contributed by atoms with Crippen LogP contribution in [0.1, 0.15) is 49.8 Å². The van der Waals surface area contributed by atoms with Crippen LogP contribution in [0.25, 0.3) is 0 Å². The Labute approximate surface area is 190 Å². The first-order valence-corrected chi connectivity index (χ1v) is 11.6. The Morgan fingerprint density at radius 3 is 2.53 bits per heavy atom. The van der Waals surface area contributed by atoms with E-state index in [1.807, 2.05) is 18.2 Å². The van der Waals surface area contributed by atoms with Crippen molar-refractivity contribution in [2.75, 3.05) is 38.2 Å². The number of ether oxygens (including phenoxy) is 1. The average Bonchev–Trinajstić information content (AvgIpc) is 3.35. The summed E-state index contributed by atoms with van der Waals surface area (Å²) in [6.07, 6.45) is 4.22. The Kier molecular flexibility index (Phi) is 5.15. The molecule has 3 fully saturated rings. The number of anilines is 1. The molecule has 170 valence electrons. The van der Waals surface area contributed by atoms with Crippen LogP contribution in [-0.4, -0.2) is 60.3 Å². The van der Waals surface area contributed by atoms with Gasteiger partial charge in [0.25, 0.3) is 0 Å². The molecule has 0 spiro atoms. The number of benzene rings is 1. The summed E-state index contributed by atoms with van der Waals surface area (Å²) in [5, 5.41) is 12.4. The van der Waals surface area contributed by atoms with E-state index >= 15 is 0 Å². The number of amides is 1. The Bertz CT molecular complexity index is 1020. The molecule has 0 radical (unpaired) electrons. The van der Waals surface area contributed by atoms with Gasteiger partial charge in [0.05, 0.1) is 30.5 Å². The van der Waals surface area contributed by atoms with Gasteiger partial charge in [0.1, 0.15) is 5.60 Å². The van der Waals surface area contributed by atoms with Gasteiger partial charge < -0.3 is 19.6 Å². The summed E-state index contributed by atoms with van der Waals surface area (Å²) in [4.78, 5) is 21.4. The van der Waals surface area contributed by atoms with Crippen molar-refractivity contribution in [3.05, 3.63) is 59.4 Å². The van der Waals surface area contributed by atoms with Gasteiger partial charge in [-0.15, -0.1) is 0 Å². The number of hydrogen-bond acceptors (Lipinski definition) is 5. The first kappa shape index (κ1) is 21.6. The monoisotopic (exact) mass is 435 g/mol. The van der Waals surface area contributed by atoms with Crippen molar-refractivity contribution < 1.29 is 14.6 Å². The zero-order valence-corrected chi connectivity index (χ0v) is 19.4. The maximum Gasteiger partial charge on any atom is 0.233 e. The van der Waals surface area contributed by atoms with Gasteiger partial charge >= 0.3 is 0 Å². The van der Waals surface area contributed by atoms with Gasteiger partial charge in [0, 0.05) is 36.9 Å². The summed E-state index contributed by atoms with van der Waals surface area (Å²) < 4.78 is 5.75. The van der Waals surface area contributed by atoms with Crippen LogP contribution in [0.2, 0.25) is 0 Å². The van der Waals surface area contributed by atoms with Crippen molar-refractivity contribution >= 4 is 11.6 Å². The van der Waals surface area contributed by atoms with E-state index in [4.69, 9.17) is 4.74 Å². The van der Waals surface area contributed by atoms with E-state index in [-0.39, 0.29) is 23.3 Å². The normalized spacial score (nSPS) is 26.8. The molecule has 6 heteroatoms. The molecular formula is C26H33N3O3. The first-order valence-electron chi connectivity index (χ1n) is 11.6. The van der Waals surface area contributed by atoms with Crippen molar-refractivity contribution in [2.24, 2.45) is 11.3 Å². The van der Waals surface area contributed by atoms with Crippen molar-refractivity contribution in [3.63, 3.8) is 0 Å². The molecule has 1 N–H and O–H groups in total. The number of likely N-dealkylation sites (tertiary alicyclic amines) is 1. The molecule has 0 saturated carbocycles. The van der Waals surface area contributed by atoms with Crippen LogP contribution in [0.15, 0.2) is 42.7 Å². The lowest BCUT2D eigenvalue weighted by molar-refractivity contribution is -0.127. The van der Waals surface area contributed by atoms with Crippen molar-refractivity contribution in [3.8, 4) is 0 Å². The van der Waals surface area contributed by atoms with Gasteiger partial charge in [-0.25, -0.2) is 0 Å². The third kappa shape index (κ3) is 3.19. The summed E-state index contributed by atoms with van der Waals surface area (Å²) in [6, 6.07) is 10.3. The molecule has 3 aliphatic heterocycles. The summed E-state index contributed by atoms with van der Waals surface area (Å²) in [5.74, 6) is 0.472. The molecule has 5 rings (SSSR count). The number of aromatic nitrogens is 1. The third-order valence-electron chi connectivity index (χ3n) is 7.71. The highest BCUT2D eigenvalue weighted by molar-refractivity contribution is 5.98. The van der Waals surface area contributed by atoms with Crippen molar-refractivity contribution in [1.82, 2.24) is 9.88 Å². The minimum absolute atomic E-state index is 0.0357. The molecule has 32 heavy (non-hydrogen) atoms. The Balaban J connectivity index is 1.55. The van der Waals surface area contributed by atoms with Crippen LogP contribution in [-0.2, 0) is 15.1 Å². The summed E-state index contributed by atoms with van der Waals surface area (Å²) in [6.45, 7) is 9.24. The fourth-order valence-electron chi connectivity index (χ4n) is 5.93. The number of carbonyl (C=O) groups is 1. The number of pyridine rings is 1. The highest BCUT2D eigenvalue weighted by Crippen LogP contribution is 2.50. The molecule has 3 unspecified atom stereocenters. The Morgan fingerprint density at radius 1 is 1.19 bits per heavy atom. The van der Waals surface area contributed by atoms with E-state index < -0.39 is 5.60 Å². The second-order valence-electron chi connectivity index (χ2n) is 10.4. The molecule has 3 atom stereocenters. The fraction of sp³-hybridized carbons (Fsp3) is 0.538. The highest BCUT2D eigenvalue weighted by Gasteiger charge is 2.55. The zero-order chi connectivity index (χ0) is 22.7. The molecule has 6 nitrogen and oxygen atoms in total. The molecule has 3 saturated heterocycles. The van der Waals surface area contributed by atoms with Crippen LogP contribution in [0.3, 0.4) is 0 Å².